The summed E-state index contributed by atoms with van der Waals surface area (Å²) in [5.41, 5.74) is 5.63. The summed E-state index contributed by atoms with van der Waals surface area (Å²) in [6.45, 7) is 2.65. The summed E-state index contributed by atoms with van der Waals surface area (Å²) in [4.78, 5) is 16.7. The quantitative estimate of drug-likeness (QED) is 0.642. The van der Waals surface area contributed by atoms with Gasteiger partial charge in [-0.2, -0.15) is 5.10 Å². The van der Waals surface area contributed by atoms with Gasteiger partial charge < -0.3 is 5.73 Å². The van der Waals surface area contributed by atoms with E-state index >= 15 is 0 Å². The first kappa shape index (κ1) is 13.6. The van der Waals surface area contributed by atoms with Crippen LogP contribution >= 0.6 is 0 Å². The molecule has 3 N–H and O–H groups in total. The van der Waals surface area contributed by atoms with Crippen molar-refractivity contribution in [3.05, 3.63) is 11.4 Å². The molecule has 0 saturated heterocycles. The number of amides is 1. The lowest BCUT2D eigenvalue weighted by Gasteiger charge is -2.06. The van der Waals surface area contributed by atoms with E-state index in [1.165, 1.54) is 4.68 Å². The molecule has 1 rings (SSSR count). The molecule has 0 atom stereocenters. The molecular weight excluding hydrogens is 248 g/mol. The first-order valence-corrected chi connectivity index (χ1v) is 6.16. The van der Waals surface area contributed by atoms with E-state index in [-0.39, 0.29) is 4.90 Å². The van der Waals surface area contributed by atoms with E-state index in [4.69, 9.17) is 5.73 Å². The lowest BCUT2D eigenvalue weighted by Crippen LogP contribution is -2.30. The van der Waals surface area contributed by atoms with E-state index in [1.807, 2.05) is 4.89 Å². The fraction of sp³-hybridized carbons (Fsp3) is 0.500. The predicted molar refractivity (Wildman–Crippen MR) is 58.1 cm³/mol. The Balaban J connectivity index is 2.94. The highest BCUT2D eigenvalue weighted by Crippen LogP contribution is 2.17. The largest absolute Gasteiger partial charge is 0.368 e. The number of aromatic nitrogens is 2. The van der Waals surface area contributed by atoms with E-state index in [0.29, 0.717) is 11.4 Å². The fourth-order valence-corrected chi connectivity index (χ4v) is 2.61. The van der Waals surface area contributed by atoms with Crippen molar-refractivity contribution in [2.75, 3.05) is 6.61 Å². The molecule has 0 spiro atoms. The molecule has 96 valence electrons. The number of rotatable bonds is 5. The summed E-state index contributed by atoms with van der Waals surface area (Å²) in [6, 6.07) is 0. The Morgan fingerprint density at radius 2 is 2.12 bits per heavy atom. The summed E-state index contributed by atoms with van der Waals surface area (Å²) in [5, 5.41) is 3.97. The van der Waals surface area contributed by atoms with Crippen LogP contribution in [-0.4, -0.2) is 30.7 Å². The van der Waals surface area contributed by atoms with Gasteiger partial charge in [0.1, 0.15) is 11.5 Å². The second-order valence-electron chi connectivity index (χ2n) is 3.47. The molecule has 0 aliphatic heterocycles. The Morgan fingerprint density at radius 3 is 2.53 bits per heavy atom. The second kappa shape index (κ2) is 4.82. The van der Waals surface area contributed by atoms with Gasteiger partial charge in [0.05, 0.1) is 11.4 Å². The van der Waals surface area contributed by atoms with Gasteiger partial charge in [-0.1, -0.05) is 4.89 Å². The number of hydrogen-bond donors (Lipinski definition) is 2. The average Bonchev–Trinajstić information content (AvgIpc) is 2.40. The van der Waals surface area contributed by atoms with Gasteiger partial charge in [-0.25, -0.2) is 8.42 Å². The van der Waals surface area contributed by atoms with Crippen LogP contribution in [0, 0.1) is 13.8 Å². The fourth-order valence-electron chi connectivity index (χ4n) is 1.36. The third-order valence-corrected chi connectivity index (χ3v) is 3.56. The number of aryl methyl sites for hydroxylation is 2. The SMILES string of the molecule is Cc1nn(C)c(C)c1S(=O)(=O)NOCC(N)=O. The molecule has 0 aliphatic rings. The molecule has 9 heteroatoms. The number of sulfonamides is 1. The summed E-state index contributed by atoms with van der Waals surface area (Å²) >= 11 is 0. The molecular formula is C8H14N4O4S. The minimum atomic E-state index is -3.86. The molecule has 1 amide bonds. The summed E-state index contributed by atoms with van der Waals surface area (Å²) in [5.74, 6) is -0.771. The first-order valence-electron chi connectivity index (χ1n) is 4.68. The van der Waals surface area contributed by atoms with Gasteiger partial charge in [-0.15, -0.1) is 0 Å². The van der Waals surface area contributed by atoms with Gasteiger partial charge in [-0.05, 0) is 13.8 Å². The van der Waals surface area contributed by atoms with Crippen LogP contribution in [0.5, 0.6) is 0 Å². The van der Waals surface area contributed by atoms with Crippen LogP contribution in [0.15, 0.2) is 4.90 Å². The molecule has 0 unspecified atom stereocenters. The number of carbonyl (C=O) groups is 1. The van der Waals surface area contributed by atoms with Crippen molar-refractivity contribution in [1.82, 2.24) is 14.7 Å². The Labute approximate surface area is 98.7 Å². The van der Waals surface area contributed by atoms with Crippen molar-refractivity contribution in [3.8, 4) is 0 Å². The van der Waals surface area contributed by atoms with Crippen LogP contribution in [0.1, 0.15) is 11.4 Å². The third-order valence-electron chi connectivity index (χ3n) is 2.09. The van der Waals surface area contributed by atoms with Crippen molar-refractivity contribution in [2.24, 2.45) is 12.8 Å². The van der Waals surface area contributed by atoms with Gasteiger partial charge in [0.25, 0.3) is 10.0 Å². The van der Waals surface area contributed by atoms with E-state index in [9.17, 15) is 13.2 Å². The molecule has 17 heavy (non-hydrogen) atoms. The molecule has 0 bridgehead atoms. The lowest BCUT2D eigenvalue weighted by atomic mass is 10.4. The van der Waals surface area contributed by atoms with E-state index in [2.05, 4.69) is 9.94 Å². The summed E-state index contributed by atoms with van der Waals surface area (Å²) in [7, 11) is -2.23. The number of hydrogen-bond acceptors (Lipinski definition) is 5. The highest BCUT2D eigenvalue weighted by molar-refractivity contribution is 7.89. The molecule has 1 aromatic heterocycles. The number of nitrogens with one attached hydrogen (secondary N) is 1. The average molecular weight is 262 g/mol. The molecule has 0 radical (unpaired) electrons. The van der Waals surface area contributed by atoms with Crippen LogP contribution < -0.4 is 10.6 Å². The molecule has 0 aliphatic carbocycles. The first-order chi connectivity index (χ1) is 7.75. The Hall–Kier alpha value is -1.45. The number of nitrogens with zero attached hydrogens (tertiary/aromatic N) is 2. The highest BCUT2D eigenvalue weighted by Gasteiger charge is 2.24. The maximum absolute atomic E-state index is 11.8. The number of nitrogens with two attached hydrogens (primary N) is 1. The summed E-state index contributed by atoms with van der Waals surface area (Å²) in [6.07, 6.45) is 0. The lowest BCUT2D eigenvalue weighted by molar-refractivity contribution is -0.123. The zero-order valence-corrected chi connectivity index (χ0v) is 10.5. The Morgan fingerprint density at radius 1 is 1.53 bits per heavy atom. The predicted octanol–water partition coefficient (Wildman–Crippen LogP) is -1.27. The molecule has 0 saturated carbocycles. The maximum Gasteiger partial charge on any atom is 0.266 e. The second-order valence-corrected chi connectivity index (χ2v) is 5.05. The third kappa shape index (κ3) is 3.02. The molecule has 1 aromatic rings. The molecule has 0 fully saturated rings. The maximum atomic E-state index is 11.8. The molecule has 8 nitrogen and oxygen atoms in total. The van der Waals surface area contributed by atoms with Crippen LogP contribution in [0.25, 0.3) is 0 Å². The van der Waals surface area contributed by atoms with Gasteiger partial charge in [-0.3, -0.25) is 14.3 Å². The standard InChI is InChI=1S/C8H14N4O4S/c1-5-8(6(2)12(3)10-5)17(14,15)11-16-4-7(9)13/h11H,4H2,1-3H3,(H2,9,13). The van der Waals surface area contributed by atoms with Crippen molar-refractivity contribution in [1.29, 1.82) is 0 Å². The van der Waals surface area contributed by atoms with Crippen LogP contribution in [0.2, 0.25) is 0 Å². The van der Waals surface area contributed by atoms with Crippen LogP contribution in [0.3, 0.4) is 0 Å². The molecule has 1 heterocycles. The number of carbonyl (C=O) groups excluding carboxylic acids is 1. The minimum Gasteiger partial charge on any atom is -0.368 e. The van der Waals surface area contributed by atoms with Crippen molar-refractivity contribution in [2.45, 2.75) is 18.7 Å². The minimum absolute atomic E-state index is 0.0319. The van der Waals surface area contributed by atoms with Gasteiger partial charge in [0.15, 0.2) is 0 Å². The van der Waals surface area contributed by atoms with Gasteiger partial charge >= 0.3 is 0 Å². The van der Waals surface area contributed by atoms with Gasteiger partial charge in [0, 0.05) is 7.05 Å². The highest BCUT2D eigenvalue weighted by atomic mass is 32.2. The zero-order chi connectivity index (χ0) is 13.2. The van der Waals surface area contributed by atoms with Crippen molar-refractivity contribution in [3.63, 3.8) is 0 Å². The number of primary amides is 1. The van der Waals surface area contributed by atoms with E-state index < -0.39 is 22.5 Å². The van der Waals surface area contributed by atoms with Crippen LogP contribution in [0.4, 0.5) is 0 Å². The van der Waals surface area contributed by atoms with Crippen LogP contribution in [-0.2, 0) is 26.7 Å². The van der Waals surface area contributed by atoms with E-state index in [0.717, 1.165) is 0 Å². The van der Waals surface area contributed by atoms with Crippen molar-refractivity contribution >= 4 is 15.9 Å². The Kier molecular flexibility index (Phi) is 3.86. The summed E-state index contributed by atoms with van der Waals surface area (Å²) < 4.78 is 25.1. The van der Waals surface area contributed by atoms with Gasteiger partial charge in [0.2, 0.25) is 5.91 Å². The molecule has 0 aromatic carbocycles. The zero-order valence-electron chi connectivity index (χ0n) is 9.72. The smallest absolute Gasteiger partial charge is 0.266 e. The monoisotopic (exact) mass is 262 g/mol. The Bertz CT molecular complexity index is 534. The van der Waals surface area contributed by atoms with Crippen molar-refractivity contribution < 1.29 is 18.0 Å². The van der Waals surface area contributed by atoms with E-state index in [1.54, 1.807) is 20.9 Å². The topological polar surface area (TPSA) is 116 Å². The normalized spacial score (nSPS) is 11.7.